The number of aryl methyl sites for hydroxylation is 2. The van der Waals surface area contributed by atoms with Crippen molar-refractivity contribution in [3.8, 4) is 0 Å². The second kappa shape index (κ2) is 9.69. The molecule has 0 saturated carbocycles. The molecule has 0 atom stereocenters. The molecular weight excluding hydrogens is 448 g/mol. The van der Waals surface area contributed by atoms with Crippen molar-refractivity contribution >= 4 is 32.7 Å². The first kappa shape index (κ1) is 23.5. The molecule has 34 heavy (non-hydrogen) atoms. The van der Waals surface area contributed by atoms with Crippen molar-refractivity contribution in [3.63, 3.8) is 0 Å². The van der Waals surface area contributed by atoms with Gasteiger partial charge in [-0.2, -0.15) is 0 Å². The fourth-order valence-corrected chi connectivity index (χ4v) is 5.17. The number of imidazole rings is 1. The van der Waals surface area contributed by atoms with Crippen LogP contribution in [0.25, 0.3) is 11.0 Å². The van der Waals surface area contributed by atoms with Gasteiger partial charge in [0.2, 0.25) is 0 Å². The van der Waals surface area contributed by atoms with Crippen molar-refractivity contribution in [3.05, 3.63) is 89.7 Å². The predicted octanol–water partition coefficient (Wildman–Crippen LogP) is 4.83. The van der Waals surface area contributed by atoms with Gasteiger partial charge in [0.25, 0.3) is 15.9 Å². The Morgan fingerprint density at radius 2 is 1.65 bits per heavy atom. The minimum absolute atomic E-state index is 0.150. The van der Waals surface area contributed by atoms with Gasteiger partial charge in [0.15, 0.2) is 0 Å². The van der Waals surface area contributed by atoms with Crippen molar-refractivity contribution in [1.82, 2.24) is 14.5 Å². The lowest BCUT2D eigenvalue weighted by Gasteiger charge is -2.22. The van der Waals surface area contributed by atoms with Gasteiger partial charge >= 0.3 is 0 Å². The van der Waals surface area contributed by atoms with Crippen molar-refractivity contribution in [2.75, 3.05) is 11.3 Å². The van der Waals surface area contributed by atoms with Crippen LogP contribution < -0.4 is 4.72 Å². The standard InChI is InChI=1S/C26H28N4O3S/c1-4-29(18-20-12-8-6-9-13-20)26(31)23-16-21(17-24-25(23)30(5-2)19(3)27-24)28-34(32,33)22-14-10-7-11-15-22/h6-17,28H,4-5,18H2,1-3H3. The highest BCUT2D eigenvalue weighted by Gasteiger charge is 2.23. The predicted molar refractivity (Wildman–Crippen MR) is 134 cm³/mol. The Morgan fingerprint density at radius 3 is 2.26 bits per heavy atom. The minimum atomic E-state index is -3.82. The maximum atomic E-state index is 13.8. The van der Waals surface area contributed by atoms with Crippen LogP contribution in [0, 0.1) is 6.92 Å². The van der Waals surface area contributed by atoms with E-state index >= 15 is 0 Å². The highest BCUT2D eigenvalue weighted by atomic mass is 32.2. The summed E-state index contributed by atoms with van der Waals surface area (Å²) in [5.41, 5.74) is 3.03. The summed E-state index contributed by atoms with van der Waals surface area (Å²) in [7, 11) is -3.82. The lowest BCUT2D eigenvalue weighted by Crippen LogP contribution is -2.31. The lowest BCUT2D eigenvalue weighted by atomic mass is 10.1. The summed E-state index contributed by atoms with van der Waals surface area (Å²) in [6.45, 7) is 7.42. The molecule has 1 heterocycles. The van der Waals surface area contributed by atoms with E-state index in [1.165, 1.54) is 12.1 Å². The van der Waals surface area contributed by atoms with Crippen molar-refractivity contribution in [1.29, 1.82) is 0 Å². The fraction of sp³-hybridized carbons (Fsp3) is 0.231. The molecule has 176 valence electrons. The zero-order valence-corrected chi connectivity index (χ0v) is 20.3. The highest BCUT2D eigenvalue weighted by Crippen LogP contribution is 2.28. The van der Waals surface area contributed by atoms with Gasteiger partial charge in [-0.3, -0.25) is 9.52 Å². The van der Waals surface area contributed by atoms with Crippen LogP contribution in [0.5, 0.6) is 0 Å². The molecule has 0 spiro atoms. The molecule has 0 aliphatic rings. The van der Waals surface area contributed by atoms with Gasteiger partial charge in [-0.25, -0.2) is 13.4 Å². The third-order valence-electron chi connectivity index (χ3n) is 5.77. The van der Waals surface area contributed by atoms with Crippen molar-refractivity contribution < 1.29 is 13.2 Å². The average molecular weight is 477 g/mol. The number of nitrogens with one attached hydrogen (secondary N) is 1. The van der Waals surface area contributed by atoms with E-state index in [1.807, 2.05) is 55.7 Å². The summed E-state index contributed by atoms with van der Waals surface area (Å²) < 4.78 is 30.5. The smallest absolute Gasteiger partial charge is 0.261 e. The number of rotatable bonds is 8. The van der Waals surface area contributed by atoms with Gasteiger partial charge in [0.05, 0.1) is 27.2 Å². The quantitative estimate of drug-likeness (QED) is 0.395. The summed E-state index contributed by atoms with van der Waals surface area (Å²) >= 11 is 0. The molecule has 4 aromatic rings. The van der Waals surface area contributed by atoms with E-state index in [4.69, 9.17) is 0 Å². The maximum absolute atomic E-state index is 13.8. The molecule has 0 aliphatic carbocycles. The number of benzene rings is 3. The van der Waals surface area contributed by atoms with E-state index in [9.17, 15) is 13.2 Å². The minimum Gasteiger partial charge on any atom is -0.335 e. The van der Waals surface area contributed by atoms with Crippen LogP contribution in [-0.2, 0) is 23.1 Å². The molecule has 0 saturated heterocycles. The Kier molecular flexibility index (Phi) is 6.70. The number of amides is 1. The molecule has 0 fully saturated rings. The summed E-state index contributed by atoms with van der Waals surface area (Å²) in [4.78, 5) is 20.3. The van der Waals surface area contributed by atoms with E-state index < -0.39 is 10.0 Å². The van der Waals surface area contributed by atoms with E-state index in [2.05, 4.69) is 9.71 Å². The van der Waals surface area contributed by atoms with Crippen LogP contribution in [0.1, 0.15) is 35.6 Å². The largest absolute Gasteiger partial charge is 0.335 e. The van der Waals surface area contributed by atoms with Gasteiger partial charge in [-0.05, 0) is 50.6 Å². The van der Waals surface area contributed by atoms with Crippen LogP contribution in [0.4, 0.5) is 5.69 Å². The monoisotopic (exact) mass is 476 g/mol. The number of nitrogens with zero attached hydrogens (tertiary/aromatic N) is 3. The zero-order valence-electron chi connectivity index (χ0n) is 19.5. The Balaban J connectivity index is 1.80. The van der Waals surface area contributed by atoms with Crippen molar-refractivity contribution in [2.24, 2.45) is 0 Å². The number of carbonyl (C=O) groups is 1. The average Bonchev–Trinajstić information content (AvgIpc) is 3.17. The first-order valence-corrected chi connectivity index (χ1v) is 12.7. The number of aromatic nitrogens is 2. The third kappa shape index (κ3) is 4.68. The van der Waals surface area contributed by atoms with Crippen LogP contribution in [-0.4, -0.2) is 35.3 Å². The van der Waals surface area contributed by atoms with E-state index in [-0.39, 0.29) is 10.8 Å². The fourth-order valence-electron chi connectivity index (χ4n) is 4.11. The number of sulfonamides is 1. The van der Waals surface area contributed by atoms with Crippen LogP contribution in [0.3, 0.4) is 0 Å². The molecule has 8 heteroatoms. The normalized spacial score (nSPS) is 11.5. The van der Waals surface area contributed by atoms with Crippen LogP contribution in [0.2, 0.25) is 0 Å². The first-order chi connectivity index (χ1) is 16.3. The number of fused-ring (bicyclic) bond motifs is 1. The Hall–Kier alpha value is -3.65. The molecule has 1 N–H and O–H groups in total. The molecule has 7 nitrogen and oxygen atoms in total. The Labute approximate surface area is 200 Å². The highest BCUT2D eigenvalue weighted by molar-refractivity contribution is 7.92. The van der Waals surface area contributed by atoms with E-state index in [0.29, 0.717) is 41.9 Å². The number of hydrogen-bond donors (Lipinski definition) is 1. The Bertz CT molecular complexity index is 1410. The molecule has 0 unspecified atom stereocenters. The zero-order chi connectivity index (χ0) is 24.3. The SMILES string of the molecule is CCN(Cc1ccccc1)C(=O)c1cc(NS(=O)(=O)c2ccccc2)cc2nc(C)n(CC)c12. The van der Waals surface area contributed by atoms with Gasteiger partial charge in [-0.1, -0.05) is 48.5 Å². The molecular formula is C26H28N4O3S. The third-order valence-corrected chi connectivity index (χ3v) is 7.17. The van der Waals surface area contributed by atoms with E-state index in [0.717, 1.165) is 11.4 Å². The van der Waals surface area contributed by atoms with Gasteiger partial charge in [-0.15, -0.1) is 0 Å². The molecule has 1 amide bonds. The Morgan fingerprint density at radius 1 is 1.00 bits per heavy atom. The van der Waals surface area contributed by atoms with Gasteiger partial charge in [0, 0.05) is 19.6 Å². The van der Waals surface area contributed by atoms with Crippen molar-refractivity contribution in [2.45, 2.75) is 38.8 Å². The van der Waals surface area contributed by atoms with E-state index in [1.54, 1.807) is 35.2 Å². The number of hydrogen-bond acceptors (Lipinski definition) is 4. The maximum Gasteiger partial charge on any atom is 0.261 e. The number of anilines is 1. The molecule has 1 aromatic heterocycles. The van der Waals surface area contributed by atoms with Crippen LogP contribution in [0.15, 0.2) is 77.7 Å². The molecule has 3 aromatic carbocycles. The van der Waals surface area contributed by atoms with Crippen LogP contribution >= 0.6 is 0 Å². The van der Waals surface area contributed by atoms with Gasteiger partial charge < -0.3 is 9.47 Å². The molecule has 0 bridgehead atoms. The second-order valence-corrected chi connectivity index (χ2v) is 9.70. The summed E-state index contributed by atoms with van der Waals surface area (Å²) in [6, 6.07) is 21.2. The molecule has 4 rings (SSSR count). The topological polar surface area (TPSA) is 84.3 Å². The molecule has 0 aliphatic heterocycles. The van der Waals surface area contributed by atoms with Gasteiger partial charge in [0.1, 0.15) is 5.82 Å². The first-order valence-electron chi connectivity index (χ1n) is 11.3. The lowest BCUT2D eigenvalue weighted by molar-refractivity contribution is 0.0754. The summed E-state index contributed by atoms with van der Waals surface area (Å²) in [5.74, 6) is 0.590. The summed E-state index contributed by atoms with van der Waals surface area (Å²) in [6.07, 6.45) is 0. The second-order valence-electron chi connectivity index (χ2n) is 8.02. The summed E-state index contributed by atoms with van der Waals surface area (Å²) in [5, 5.41) is 0. The molecule has 0 radical (unpaired) electrons. The number of carbonyl (C=O) groups excluding carboxylic acids is 1.